The number of nitrogens with zero attached hydrogens (tertiary/aromatic N) is 4. The molecule has 0 saturated carbocycles. The highest BCUT2D eigenvalue weighted by Crippen LogP contribution is 2.25. The van der Waals surface area contributed by atoms with Crippen molar-refractivity contribution in [1.82, 2.24) is 25.0 Å². The number of nitrogens with one attached hydrogen (secondary N) is 1. The van der Waals surface area contributed by atoms with Crippen molar-refractivity contribution in [2.75, 3.05) is 13.1 Å². The Labute approximate surface area is 186 Å². The third kappa shape index (κ3) is 5.02. The first-order valence-electron chi connectivity index (χ1n) is 10.5. The number of carbonyl (C=O) groups excluding carboxylic acids is 2. The predicted octanol–water partition coefficient (Wildman–Crippen LogP) is 3.21. The lowest BCUT2D eigenvalue weighted by Gasteiger charge is -2.31. The number of aromatic nitrogens is 3. The summed E-state index contributed by atoms with van der Waals surface area (Å²) in [5, 5.41) is 7.56. The fourth-order valence-corrected chi connectivity index (χ4v) is 4.78. The molecule has 4 rings (SSSR count). The van der Waals surface area contributed by atoms with Gasteiger partial charge < -0.3 is 10.2 Å². The van der Waals surface area contributed by atoms with Crippen LogP contribution in [0.3, 0.4) is 0 Å². The molecule has 2 amide bonds. The van der Waals surface area contributed by atoms with Crippen LogP contribution in [0.25, 0.3) is 0 Å². The van der Waals surface area contributed by atoms with Crippen molar-refractivity contribution in [3.05, 3.63) is 69.4 Å². The van der Waals surface area contributed by atoms with Crippen LogP contribution in [0.1, 0.15) is 49.8 Å². The number of hydrogen-bond donors (Lipinski definition) is 1. The maximum absolute atomic E-state index is 12.8. The number of thiazole rings is 1. The number of likely N-dealkylation sites (tertiary alicyclic amines) is 1. The molecule has 3 aromatic rings. The third-order valence-corrected chi connectivity index (χ3v) is 6.69. The smallest absolute Gasteiger partial charge is 0.265 e. The van der Waals surface area contributed by atoms with E-state index in [2.05, 4.69) is 15.4 Å². The molecule has 8 heteroatoms. The fourth-order valence-electron chi connectivity index (χ4n) is 4.01. The minimum atomic E-state index is -0.0970. The monoisotopic (exact) mass is 437 g/mol. The average molecular weight is 438 g/mol. The Morgan fingerprint density at radius 2 is 1.94 bits per heavy atom. The highest BCUT2D eigenvalue weighted by molar-refractivity contribution is 7.11. The van der Waals surface area contributed by atoms with Gasteiger partial charge in [-0.3, -0.25) is 14.3 Å². The Bertz CT molecular complexity index is 1050. The van der Waals surface area contributed by atoms with Crippen molar-refractivity contribution in [1.29, 1.82) is 0 Å². The van der Waals surface area contributed by atoms with Gasteiger partial charge in [-0.25, -0.2) is 4.98 Å². The molecule has 0 bridgehead atoms. The van der Waals surface area contributed by atoms with Gasteiger partial charge in [0.15, 0.2) is 0 Å². The van der Waals surface area contributed by atoms with Crippen LogP contribution in [0, 0.1) is 12.8 Å². The number of benzene rings is 1. The quantitative estimate of drug-likeness (QED) is 0.642. The van der Waals surface area contributed by atoms with Crippen LogP contribution in [-0.4, -0.2) is 44.6 Å². The summed E-state index contributed by atoms with van der Waals surface area (Å²) in [6.45, 7) is 3.82. The van der Waals surface area contributed by atoms with E-state index < -0.39 is 0 Å². The lowest BCUT2D eigenvalue weighted by atomic mass is 9.91. The SMILES string of the molecule is Cc1ncsc1C(=O)N1CCC(Cc2nn(C)cc2C(=O)NCc2ccccc2)CC1. The van der Waals surface area contributed by atoms with Crippen LogP contribution in [0.4, 0.5) is 0 Å². The molecule has 1 N–H and O–H groups in total. The summed E-state index contributed by atoms with van der Waals surface area (Å²) in [5.41, 5.74) is 5.06. The Morgan fingerprint density at radius 3 is 2.61 bits per heavy atom. The molecule has 1 saturated heterocycles. The molecule has 2 aromatic heterocycles. The molecule has 0 spiro atoms. The number of hydrogen-bond acceptors (Lipinski definition) is 5. The predicted molar refractivity (Wildman–Crippen MR) is 120 cm³/mol. The van der Waals surface area contributed by atoms with Crippen molar-refractivity contribution in [3.8, 4) is 0 Å². The molecule has 162 valence electrons. The zero-order chi connectivity index (χ0) is 21.8. The first-order chi connectivity index (χ1) is 15.0. The summed E-state index contributed by atoms with van der Waals surface area (Å²) in [6.07, 6.45) is 4.36. The van der Waals surface area contributed by atoms with Gasteiger partial charge in [0, 0.05) is 32.9 Å². The van der Waals surface area contributed by atoms with E-state index in [4.69, 9.17) is 0 Å². The maximum atomic E-state index is 12.8. The van der Waals surface area contributed by atoms with Gasteiger partial charge >= 0.3 is 0 Å². The molecule has 1 fully saturated rings. The molecular formula is C23H27N5O2S. The van der Waals surface area contributed by atoms with Gasteiger partial charge in [-0.15, -0.1) is 11.3 Å². The molecule has 0 aliphatic carbocycles. The van der Waals surface area contributed by atoms with Crippen molar-refractivity contribution in [3.63, 3.8) is 0 Å². The normalized spacial score (nSPS) is 14.6. The number of aryl methyl sites for hydroxylation is 2. The van der Waals surface area contributed by atoms with E-state index in [1.54, 1.807) is 16.4 Å². The van der Waals surface area contributed by atoms with E-state index in [1.165, 1.54) is 11.3 Å². The molecule has 1 aromatic carbocycles. The first-order valence-corrected chi connectivity index (χ1v) is 11.4. The summed E-state index contributed by atoms with van der Waals surface area (Å²) in [7, 11) is 1.84. The zero-order valence-electron chi connectivity index (χ0n) is 17.9. The van der Waals surface area contributed by atoms with Gasteiger partial charge in [-0.05, 0) is 37.7 Å². The van der Waals surface area contributed by atoms with Crippen molar-refractivity contribution in [2.24, 2.45) is 13.0 Å². The molecule has 7 nitrogen and oxygen atoms in total. The van der Waals surface area contributed by atoms with E-state index in [0.29, 0.717) is 18.0 Å². The van der Waals surface area contributed by atoms with Crippen LogP contribution in [-0.2, 0) is 20.0 Å². The number of carbonyl (C=O) groups is 2. The van der Waals surface area contributed by atoms with Gasteiger partial charge in [0.05, 0.1) is 22.5 Å². The summed E-state index contributed by atoms with van der Waals surface area (Å²) >= 11 is 1.41. The Morgan fingerprint density at radius 1 is 1.19 bits per heavy atom. The first kappa shape index (κ1) is 21.2. The number of rotatable bonds is 6. The summed E-state index contributed by atoms with van der Waals surface area (Å²) < 4.78 is 1.71. The van der Waals surface area contributed by atoms with Gasteiger partial charge in [0.1, 0.15) is 4.88 Å². The van der Waals surface area contributed by atoms with Gasteiger partial charge in [0.2, 0.25) is 0 Å². The molecule has 0 radical (unpaired) electrons. The minimum Gasteiger partial charge on any atom is -0.348 e. The van der Waals surface area contributed by atoms with E-state index in [1.807, 2.05) is 49.2 Å². The Hall–Kier alpha value is -3.00. The second kappa shape index (κ2) is 9.43. The Balaban J connectivity index is 1.34. The number of amides is 2. The van der Waals surface area contributed by atoms with E-state index in [-0.39, 0.29) is 11.8 Å². The molecule has 3 heterocycles. The van der Waals surface area contributed by atoms with Crippen molar-refractivity contribution >= 4 is 23.2 Å². The van der Waals surface area contributed by atoms with Crippen molar-refractivity contribution < 1.29 is 9.59 Å². The van der Waals surface area contributed by atoms with E-state index in [9.17, 15) is 9.59 Å². The minimum absolute atomic E-state index is 0.0808. The third-order valence-electron chi connectivity index (χ3n) is 5.77. The van der Waals surface area contributed by atoms with Crippen molar-refractivity contribution in [2.45, 2.75) is 32.7 Å². The van der Waals surface area contributed by atoms with Gasteiger partial charge in [-0.2, -0.15) is 5.10 Å². The average Bonchev–Trinajstić information content (AvgIpc) is 3.38. The van der Waals surface area contributed by atoms with Crippen LogP contribution >= 0.6 is 11.3 Å². The topological polar surface area (TPSA) is 80.1 Å². The largest absolute Gasteiger partial charge is 0.348 e. The molecule has 1 aliphatic rings. The lowest BCUT2D eigenvalue weighted by molar-refractivity contribution is 0.0694. The summed E-state index contributed by atoms with van der Waals surface area (Å²) in [5.74, 6) is 0.389. The zero-order valence-corrected chi connectivity index (χ0v) is 18.7. The second-order valence-corrected chi connectivity index (χ2v) is 8.89. The lowest BCUT2D eigenvalue weighted by Crippen LogP contribution is -2.39. The molecule has 0 unspecified atom stereocenters. The summed E-state index contributed by atoms with van der Waals surface area (Å²) in [4.78, 5) is 32.3. The van der Waals surface area contributed by atoms with E-state index in [0.717, 1.165) is 54.2 Å². The van der Waals surface area contributed by atoms with Crippen LogP contribution in [0.15, 0.2) is 42.0 Å². The Kier molecular flexibility index (Phi) is 6.46. The van der Waals surface area contributed by atoms with Gasteiger partial charge in [0.25, 0.3) is 11.8 Å². The highest BCUT2D eigenvalue weighted by Gasteiger charge is 2.27. The highest BCUT2D eigenvalue weighted by atomic mass is 32.1. The molecule has 1 aliphatic heterocycles. The fraction of sp³-hybridized carbons (Fsp3) is 0.391. The standard InChI is InChI=1S/C23H27N5O2S/c1-16-21(31-15-25-16)23(30)28-10-8-17(9-11-28)12-20-19(14-27(2)26-20)22(29)24-13-18-6-4-3-5-7-18/h3-7,14-15,17H,8-13H2,1-2H3,(H,24,29). The second-order valence-electron chi connectivity index (χ2n) is 8.04. The molecule has 31 heavy (non-hydrogen) atoms. The van der Waals surface area contributed by atoms with E-state index >= 15 is 0 Å². The van der Waals surface area contributed by atoms with Gasteiger partial charge in [-0.1, -0.05) is 30.3 Å². The number of piperidine rings is 1. The van der Waals surface area contributed by atoms with Crippen LogP contribution < -0.4 is 5.32 Å². The van der Waals surface area contributed by atoms with Crippen LogP contribution in [0.2, 0.25) is 0 Å². The summed E-state index contributed by atoms with van der Waals surface area (Å²) in [6, 6.07) is 9.87. The maximum Gasteiger partial charge on any atom is 0.265 e. The molecule has 0 atom stereocenters. The molecular weight excluding hydrogens is 410 g/mol. The van der Waals surface area contributed by atoms with Crippen LogP contribution in [0.5, 0.6) is 0 Å².